The maximum absolute atomic E-state index is 12.1. The molecule has 20 heavy (non-hydrogen) atoms. The van der Waals surface area contributed by atoms with Gasteiger partial charge in [0.1, 0.15) is 12.6 Å². The fraction of sp³-hybridized carbons (Fsp3) is 0.235. The van der Waals surface area contributed by atoms with Gasteiger partial charge in [-0.15, -0.1) is 0 Å². The summed E-state index contributed by atoms with van der Waals surface area (Å²) in [6.07, 6.45) is 0. The lowest BCUT2D eigenvalue weighted by Crippen LogP contribution is -2.42. The number of nitrogens with zero attached hydrogens (tertiary/aromatic N) is 1. The molecule has 3 heteroatoms. The van der Waals surface area contributed by atoms with Gasteiger partial charge in [0.25, 0.3) is 0 Å². The minimum atomic E-state index is -0.301. The van der Waals surface area contributed by atoms with Crippen LogP contribution in [0.2, 0.25) is 0 Å². The molecule has 1 aliphatic heterocycles. The Morgan fingerprint density at radius 1 is 1.00 bits per heavy atom. The lowest BCUT2D eigenvalue weighted by Gasteiger charge is -2.34. The van der Waals surface area contributed by atoms with Crippen LogP contribution >= 0.6 is 0 Å². The Hall–Kier alpha value is -2.13. The first-order valence-electron chi connectivity index (χ1n) is 6.84. The summed E-state index contributed by atoms with van der Waals surface area (Å²) in [6, 6.07) is 19.8. The molecule has 1 saturated heterocycles. The lowest BCUT2D eigenvalue weighted by atomic mass is 10.0. The van der Waals surface area contributed by atoms with Gasteiger partial charge in [0, 0.05) is 13.1 Å². The third kappa shape index (κ3) is 2.73. The Bertz CT molecular complexity index is 568. The predicted molar refractivity (Wildman–Crippen MR) is 77.0 cm³/mol. The second-order valence-corrected chi connectivity index (χ2v) is 4.94. The van der Waals surface area contributed by atoms with E-state index in [0.29, 0.717) is 6.61 Å². The molecule has 102 valence electrons. The van der Waals surface area contributed by atoms with Gasteiger partial charge in [0.05, 0.1) is 0 Å². The molecule has 0 unspecified atom stereocenters. The Kier molecular flexibility index (Phi) is 3.79. The van der Waals surface area contributed by atoms with Crippen molar-refractivity contribution in [3.8, 4) is 0 Å². The van der Waals surface area contributed by atoms with Gasteiger partial charge in [-0.3, -0.25) is 4.90 Å². The average molecular weight is 267 g/mol. The molecule has 0 aromatic heterocycles. The van der Waals surface area contributed by atoms with E-state index < -0.39 is 0 Å². The highest BCUT2D eigenvalue weighted by molar-refractivity contribution is 5.78. The third-order valence-corrected chi connectivity index (χ3v) is 3.56. The number of carbonyl (C=O) groups excluding carboxylic acids is 1. The molecule has 0 saturated carbocycles. The third-order valence-electron chi connectivity index (χ3n) is 3.56. The minimum absolute atomic E-state index is 0.154. The molecular formula is C17H17NO2. The van der Waals surface area contributed by atoms with Gasteiger partial charge in [-0.05, 0) is 11.1 Å². The van der Waals surface area contributed by atoms with E-state index in [1.165, 1.54) is 5.56 Å². The predicted octanol–water partition coefficient (Wildman–Crippen LogP) is 2.79. The van der Waals surface area contributed by atoms with Crippen LogP contribution in [-0.4, -0.2) is 24.0 Å². The first-order chi connectivity index (χ1) is 9.84. The summed E-state index contributed by atoms with van der Waals surface area (Å²) < 4.78 is 5.23. The molecule has 0 spiro atoms. The molecule has 1 fully saturated rings. The summed E-state index contributed by atoms with van der Waals surface area (Å²) in [7, 11) is 0. The van der Waals surface area contributed by atoms with Crippen LogP contribution in [0.1, 0.15) is 17.2 Å². The van der Waals surface area contributed by atoms with Crippen molar-refractivity contribution < 1.29 is 9.53 Å². The molecule has 0 radical (unpaired) electrons. The highest BCUT2D eigenvalue weighted by atomic mass is 16.5. The number of cyclic esters (lactones) is 1. The number of ether oxygens (including phenoxy) is 1. The fourth-order valence-electron chi connectivity index (χ4n) is 2.59. The Morgan fingerprint density at radius 3 is 2.35 bits per heavy atom. The van der Waals surface area contributed by atoms with Crippen molar-refractivity contribution in [2.75, 3.05) is 13.2 Å². The van der Waals surface area contributed by atoms with E-state index in [-0.39, 0.29) is 12.0 Å². The standard InChI is InChI=1S/C17H17NO2/c19-17-16(15-9-5-2-6-10-15)18(11-12-20-17)13-14-7-3-1-4-8-14/h1-10,16H,11-13H2/t16-/m1/s1. The van der Waals surface area contributed by atoms with E-state index in [4.69, 9.17) is 4.74 Å². The lowest BCUT2D eigenvalue weighted by molar-refractivity contribution is -0.158. The van der Waals surface area contributed by atoms with Crippen molar-refractivity contribution in [2.45, 2.75) is 12.6 Å². The van der Waals surface area contributed by atoms with Crippen molar-refractivity contribution >= 4 is 5.97 Å². The van der Waals surface area contributed by atoms with E-state index in [1.54, 1.807) is 0 Å². The zero-order valence-corrected chi connectivity index (χ0v) is 11.2. The van der Waals surface area contributed by atoms with E-state index in [1.807, 2.05) is 48.5 Å². The Morgan fingerprint density at radius 2 is 1.65 bits per heavy atom. The zero-order chi connectivity index (χ0) is 13.8. The van der Waals surface area contributed by atoms with E-state index >= 15 is 0 Å². The van der Waals surface area contributed by atoms with Crippen LogP contribution < -0.4 is 0 Å². The number of morpholine rings is 1. The summed E-state index contributed by atoms with van der Waals surface area (Å²) in [6.45, 7) is 1.99. The van der Waals surface area contributed by atoms with Crippen LogP contribution in [0.5, 0.6) is 0 Å². The van der Waals surface area contributed by atoms with Gasteiger partial charge >= 0.3 is 5.97 Å². The molecular weight excluding hydrogens is 250 g/mol. The molecule has 2 aromatic carbocycles. The normalized spacial score (nSPS) is 19.6. The molecule has 3 nitrogen and oxygen atoms in total. The summed E-state index contributed by atoms with van der Waals surface area (Å²) in [5.74, 6) is -0.154. The van der Waals surface area contributed by atoms with Gasteiger partial charge in [-0.1, -0.05) is 60.7 Å². The van der Waals surface area contributed by atoms with E-state index in [9.17, 15) is 4.79 Å². The SMILES string of the molecule is O=C1OCCN(Cc2ccccc2)[C@@H]1c1ccccc1. The van der Waals surface area contributed by atoms with Crippen LogP contribution in [0, 0.1) is 0 Å². The van der Waals surface area contributed by atoms with Gasteiger partial charge in [0.2, 0.25) is 0 Å². The first kappa shape index (κ1) is 12.9. The second kappa shape index (κ2) is 5.88. The first-order valence-corrected chi connectivity index (χ1v) is 6.84. The van der Waals surface area contributed by atoms with Crippen molar-refractivity contribution in [2.24, 2.45) is 0 Å². The maximum Gasteiger partial charge on any atom is 0.328 e. The van der Waals surface area contributed by atoms with Crippen molar-refractivity contribution in [3.05, 3.63) is 71.8 Å². The smallest absolute Gasteiger partial charge is 0.328 e. The molecule has 1 aliphatic rings. The van der Waals surface area contributed by atoms with Crippen molar-refractivity contribution in [1.29, 1.82) is 0 Å². The minimum Gasteiger partial charge on any atom is -0.463 e. The summed E-state index contributed by atoms with van der Waals surface area (Å²) in [5.41, 5.74) is 2.20. The average Bonchev–Trinajstić information content (AvgIpc) is 2.49. The fourth-order valence-corrected chi connectivity index (χ4v) is 2.59. The number of hydrogen-bond donors (Lipinski definition) is 0. The van der Waals surface area contributed by atoms with Gasteiger partial charge in [-0.2, -0.15) is 0 Å². The van der Waals surface area contributed by atoms with Crippen LogP contribution in [-0.2, 0) is 16.1 Å². The molecule has 0 N–H and O–H groups in total. The number of benzene rings is 2. The van der Waals surface area contributed by atoms with Crippen LogP contribution in [0.3, 0.4) is 0 Å². The van der Waals surface area contributed by atoms with E-state index in [2.05, 4.69) is 17.0 Å². The molecule has 0 aliphatic carbocycles. The highest BCUT2D eigenvalue weighted by Crippen LogP contribution is 2.26. The Balaban J connectivity index is 1.85. The van der Waals surface area contributed by atoms with Crippen molar-refractivity contribution in [1.82, 2.24) is 4.90 Å². The maximum atomic E-state index is 12.1. The summed E-state index contributed by atoms with van der Waals surface area (Å²) >= 11 is 0. The highest BCUT2D eigenvalue weighted by Gasteiger charge is 2.32. The molecule has 1 heterocycles. The van der Waals surface area contributed by atoms with Crippen molar-refractivity contribution in [3.63, 3.8) is 0 Å². The quantitative estimate of drug-likeness (QED) is 0.801. The second-order valence-electron chi connectivity index (χ2n) is 4.94. The van der Waals surface area contributed by atoms with Gasteiger partial charge in [0.15, 0.2) is 0 Å². The molecule has 2 aromatic rings. The van der Waals surface area contributed by atoms with Gasteiger partial charge < -0.3 is 4.74 Å². The number of esters is 1. The largest absolute Gasteiger partial charge is 0.463 e. The zero-order valence-electron chi connectivity index (χ0n) is 11.2. The van der Waals surface area contributed by atoms with Crippen LogP contribution in [0.4, 0.5) is 0 Å². The molecule has 0 bridgehead atoms. The van der Waals surface area contributed by atoms with Crippen LogP contribution in [0.25, 0.3) is 0 Å². The summed E-state index contributed by atoms with van der Waals surface area (Å²) in [5, 5.41) is 0. The number of hydrogen-bond acceptors (Lipinski definition) is 3. The summed E-state index contributed by atoms with van der Waals surface area (Å²) in [4.78, 5) is 14.3. The monoisotopic (exact) mass is 267 g/mol. The van der Waals surface area contributed by atoms with Gasteiger partial charge in [-0.25, -0.2) is 4.79 Å². The molecule has 3 rings (SSSR count). The van der Waals surface area contributed by atoms with Crippen LogP contribution in [0.15, 0.2) is 60.7 Å². The number of rotatable bonds is 3. The number of carbonyl (C=O) groups is 1. The molecule has 1 atom stereocenters. The van der Waals surface area contributed by atoms with E-state index in [0.717, 1.165) is 18.7 Å². The topological polar surface area (TPSA) is 29.5 Å². The Labute approximate surface area is 118 Å². The molecule has 0 amide bonds.